The van der Waals surface area contributed by atoms with Crippen molar-refractivity contribution < 1.29 is 0 Å². The van der Waals surface area contributed by atoms with Gasteiger partial charge >= 0.3 is 0 Å². The predicted octanol–water partition coefficient (Wildman–Crippen LogP) is 3.16. The van der Waals surface area contributed by atoms with Crippen LogP contribution in [0.15, 0.2) is 18.2 Å². The molecule has 0 aromatic heterocycles. The van der Waals surface area contributed by atoms with Gasteiger partial charge < -0.3 is 5.32 Å². The van der Waals surface area contributed by atoms with Crippen LogP contribution < -0.4 is 5.32 Å². The summed E-state index contributed by atoms with van der Waals surface area (Å²) in [7, 11) is 0. The molecule has 0 saturated carbocycles. The Morgan fingerprint density at radius 3 is 2.82 bits per heavy atom. The summed E-state index contributed by atoms with van der Waals surface area (Å²) in [6, 6.07) is 7.84. The minimum atomic E-state index is 0.754. The van der Waals surface area contributed by atoms with Crippen LogP contribution in [0.25, 0.3) is 0 Å². The van der Waals surface area contributed by atoms with E-state index >= 15 is 0 Å². The number of fused-ring (bicyclic) bond motifs is 1. The van der Waals surface area contributed by atoms with Gasteiger partial charge in [-0.1, -0.05) is 18.2 Å². The molecule has 1 nitrogen and oxygen atoms in total. The molecule has 1 aromatic carbocycles. The fourth-order valence-electron chi connectivity index (χ4n) is 2.90. The second-order valence-corrected chi connectivity index (χ2v) is 6.45. The van der Waals surface area contributed by atoms with Crippen molar-refractivity contribution in [3.63, 3.8) is 0 Å². The quantitative estimate of drug-likeness (QED) is 0.880. The number of hydrogen-bond acceptors (Lipinski definition) is 2. The van der Waals surface area contributed by atoms with Gasteiger partial charge in [-0.2, -0.15) is 11.8 Å². The molecule has 1 heterocycles. The lowest BCUT2D eigenvalue weighted by Crippen LogP contribution is -2.32. The molecule has 1 aliphatic heterocycles. The summed E-state index contributed by atoms with van der Waals surface area (Å²) in [6.07, 6.45) is 6.63. The molecule has 1 aliphatic carbocycles. The third kappa shape index (κ3) is 2.86. The van der Waals surface area contributed by atoms with Crippen molar-refractivity contribution >= 4 is 11.8 Å². The van der Waals surface area contributed by atoms with Crippen LogP contribution in [0.4, 0.5) is 0 Å². The van der Waals surface area contributed by atoms with Crippen molar-refractivity contribution in [3.05, 3.63) is 34.9 Å². The Bertz CT molecular complexity index is 383. The summed E-state index contributed by atoms with van der Waals surface area (Å²) >= 11 is 2.10. The Balaban J connectivity index is 1.57. The average Bonchev–Trinajstić information content (AvgIpc) is 2.85. The summed E-state index contributed by atoms with van der Waals surface area (Å²) in [4.78, 5) is 0. The second-order valence-electron chi connectivity index (χ2n) is 5.22. The second kappa shape index (κ2) is 5.45. The zero-order valence-electron chi connectivity index (χ0n) is 10.4. The highest BCUT2D eigenvalue weighted by Gasteiger charge is 2.14. The highest BCUT2D eigenvalue weighted by molar-refractivity contribution is 7.99. The number of benzene rings is 1. The fraction of sp³-hybridized carbons (Fsp3) is 0.600. The van der Waals surface area contributed by atoms with Crippen LogP contribution in [0.1, 0.15) is 36.0 Å². The van der Waals surface area contributed by atoms with Crippen molar-refractivity contribution in [1.82, 2.24) is 5.32 Å². The zero-order chi connectivity index (χ0) is 11.5. The summed E-state index contributed by atoms with van der Waals surface area (Å²) < 4.78 is 0. The van der Waals surface area contributed by atoms with Gasteiger partial charge in [-0.15, -0.1) is 0 Å². The van der Waals surface area contributed by atoms with E-state index in [2.05, 4.69) is 35.3 Å². The highest BCUT2D eigenvalue weighted by Crippen LogP contribution is 2.23. The first kappa shape index (κ1) is 11.6. The van der Waals surface area contributed by atoms with E-state index in [0.717, 1.165) is 12.6 Å². The molecule has 0 bridgehead atoms. The van der Waals surface area contributed by atoms with Crippen molar-refractivity contribution in [3.8, 4) is 0 Å². The molecule has 1 fully saturated rings. The highest BCUT2D eigenvalue weighted by atomic mass is 32.2. The normalized spacial score (nSPS) is 20.5. The van der Waals surface area contributed by atoms with Crippen LogP contribution in [-0.2, 0) is 19.4 Å². The molecule has 0 atom stereocenters. The van der Waals surface area contributed by atoms with E-state index in [9.17, 15) is 0 Å². The lowest BCUT2D eigenvalue weighted by molar-refractivity contribution is 0.482. The third-order valence-electron chi connectivity index (χ3n) is 3.98. The minimum Gasteiger partial charge on any atom is -0.310 e. The molecule has 2 heteroatoms. The van der Waals surface area contributed by atoms with Crippen molar-refractivity contribution in [2.45, 2.75) is 44.7 Å². The molecule has 1 aromatic rings. The van der Waals surface area contributed by atoms with Gasteiger partial charge in [0.2, 0.25) is 0 Å². The first-order valence-electron chi connectivity index (χ1n) is 6.83. The number of aryl methyl sites for hydroxylation is 2. The number of thioether (sulfide) groups is 1. The van der Waals surface area contributed by atoms with Gasteiger partial charge in [0.1, 0.15) is 0 Å². The predicted molar refractivity (Wildman–Crippen MR) is 75.7 cm³/mol. The Labute approximate surface area is 108 Å². The van der Waals surface area contributed by atoms with E-state index < -0.39 is 0 Å². The van der Waals surface area contributed by atoms with E-state index in [1.165, 1.54) is 49.2 Å². The molecule has 3 rings (SSSR count). The van der Waals surface area contributed by atoms with Gasteiger partial charge in [-0.3, -0.25) is 0 Å². The minimum absolute atomic E-state index is 0.754. The molecule has 0 spiro atoms. The average molecular weight is 247 g/mol. The molecule has 1 N–H and O–H groups in total. The summed E-state index contributed by atoms with van der Waals surface area (Å²) in [5.74, 6) is 2.67. The van der Waals surface area contributed by atoms with Crippen LogP contribution >= 0.6 is 11.8 Å². The molecule has 0 radical (unpaired) electrons. The topological polar surface area (TPSA) is 12.0 Å². The van der Waals surface area contributed by atoms with Crippen LogP contribution in [0, 0.1) is 0 Å². The fourth-order valence-corrected chi connectivity index (χ4v) is 4.01. The summed E-state index contributed by atoms with van der Waals surface area (Å²) in [6.45, 7) is 1.06. The van der Waals surface area contributed by atoms with Gasteiger partial charge in [-0.25, -0.2) is 0 Å². The first-order valence-corrected chi connectivity index (χ1v) is 7.99. The Kier molecular flexibility index (Phi) is 3.72. The van der Waals surface area contributed by atoms with Crippen molar-refractivity contribution in [2.75, 3.05) is 11.5 Å². The third-order valence-corrected chi connectivity index (χ3v) is 5.03. The van der Waals surface area contributed by atoms with Gasteiger partial charge in [0.05, 0.1) is 0 Å². The van der Waals surface area contributed by atoms with Crippen LogP contribution in [-0.4, -0.2) is 17.5 Å². The largest absolute Gasteiger partial charge is 0.310 e. The monoisotopic (exact) mass is 247 g/mol. The summed E-state index contributed by atoms with van der Waals surface area (Å²) in [5, 5.41) is 3.72. The molecule has 1 saturated heterocycles. The van der Waals surface area contributed by atoms with Gasteiger partial charge in [-0.05, 0) is 60.3 Å². The Morgan fingerprint density at radius 2 is 1.94 bits per heavy atom. The lowest BCUT2D eigenvalue weighted by atomic mass is 10.1. The van der Waals surface area contributed by atoms with E-state index in [-0.39, 0.29) is 0 Å². The maximum atomic E-state index is 3.72. The first-order chi connectivity index (χ1) is 8.42. The van der Waals surface area contributed by atoms with E-state index in [4.69, 9.17) is 0 Å². The smallest absolute Gasteiger partial charge is 0.0208 e. The maximum Gasteiger partial charge on any atom is 0.0208 e. The van der Waals surface area contributed by atoms with Crippen LogP contribution in [0.2, 0.25) is 0 Å². The molecule has 2 aliphatic rings. The number of nitrogens with one attached hydrogen (secondary N) is 1. The molecule has 0 unspecified atom stereocenters. The summed E-state index contributed by atoms with van der Waals surface area (Å²) in [5.41, 5.74) is 4.66. The molecule has 0 amide bonds. The lowest BCUT2D eigenvalue weighted by Gasteiger charge is -2.22. The van der Waals surface area contributed by atoms with Gasteiger partial charge in [0, 0.05) is 12.6 Å². The van der Waals surface area contributed by atoms with Crippen molar-refractivity contribution in [1.29, 1.82) is 0 Å². The molecular formula is C15H21NS. The Morgan fingerprint density at radius 1 is 1.12 bits per heavy atom. The van der Waals surface area contributed by atoms with Gasteiger partial charge in [0.25, 0.3) is 0 Å². The van der Waals surface area contributed by atoms with Crippen LogP contribution in [0.3, 0.4) is 0 Å². The van der Waals surface area contributed by atoms with E-state index in [1.54, 1.807) is 11.1 Å². The molecule has 92 valence electrons. The van der Waals surface area contributed by atoms with Crippen LogP contribution in [0.5, 0.6) is 0 Å². The number of rotatable bonds is 3. The maximum absolute atomic E-state index is 3.72. The SMILES string of the molecule is c1cc2c(cc1CNC1CCSCC1)CCC2. The van der Waals surface area contributed by atoms with E-state index in [0.29, 0.717) is 0 Å². The van der Waals surface area contributed by atoms with Crippen molar-refractivity contribution in [2.24, 2.45) is 0 Å². The standard InChI is InChI=1S/C15H21NS/c1-2-13-5-4-12(10-14(13)3-1)11-16-15-6-8-17-9-7-15/h4-5,10,15-16H,1-3,6-9,11H2. The Hall–Kier alpha value is -0.470. The molecule has 17 heavy (non-hydrogen) atoms. The van der Waals surface area contributed by atoms with Gasteiger partial charge in [0.15, 0.2) is 0 Å². The molecular weight excluding hydrogens is 226 g/mol. The zero-order valence-corrected chi connectivity index (χ0v) is 11.2. The van der Waals surface area contributed by atoms with E-state index in [1.807, 2.05) is 0 Å². The number of hydrogen-bond donors (Lipinski definition) is 1.